The summed E-state index contributed by atoms with van der Waals surface area (Å²) in [6.07, 6.45) is 9.81. The largest absolute Gasteiger partial charge is 0.397 e. The van der Waals surface area contributed by atoms with Crippen LogP contribution in [0.5, 0.6) is 0 Å². The molecule has 0 aliphatic heterocycles. The number of thiophene rings is 1. The number of allylic oxidation sites excluding steroid dienone is 4. The van der Waals surface area contributed by atoms with E-state index in [9.17, 15) is 4.79 Å². The fourth-order valence-corrected chi connectivity index (χ4v) is 4.20. The number of nitrogens with zero attached hydrogens (tertiary/aromatic N) is 3. The number of hydrogen-bond acceptors (Lipinski definition) is 8. The molecule has 3 aromatic heterocycles. The van der Waals surface area contributed by atoms with E-state index in [2.05, 4.69) is 32.7 Å². The SMILES string of the molecule is Nc1cnc2sc(C(=O)Nc3nnc(C4=CCCC=C4)s3)c(N)c2c1. The van der Waals surface area contributed by atoms with Crippen molar-refractivity contribution in [3.63, 3.8) is 0 Å². The van der Waals surface area contributed by atoms with Crippen molar-refractivity contribution < 1.29 is 4.79 Å². The number of pyridine rings is 1. The molecule has 7 nitrogen and oxygen atoms in total. The van der Waals surface area contributed by atoms with E-state index in [0.717, 1.165) is 23.4 Å². The van der Waals surface area contributed by atoms with E-state index >= 15 is 0 Å². The quantitative estimate of drug-likeness (QED) is 0.651. The molecule has 25 heavy (non-hydrogen) atoms. The summed E-state index contributed by atoms with van der Waals surface area (Å²) in [6, 6.07) is 1.72. The first kappa shape index (κ1) is 15.7. The van der Waals surface area contributed by atoms with E-state index in [4.69, 9.17) is 11.5 Å². The zero-order chi connectivity index (χ0) is 17.4. The lowest BCUT2D eigenvalue weighted by atomic mass is 10.1. The van der Waals surface area contributed by atoms with E-state index in [-0.39, 0.29) is 5.91 Å². The topological polar surface area (TPSA) is 120 Å². The molecule has 0 bridgehead atoms. The van der Waals surface area contributed by atoms with Crippen molar-refractivity contribution in [3.8, 4) is 0 Å². The van der Waals surface area contributed by atoms with Gasteiger partial charge in [-0.1, -0.05) is 29.6 Å². The van der Waals surface area contributed by atoms with Gasteiger partial charge in [0.05, 0.1) is 17.6 Å². The summed E-state index contributed by atoms with van der Waals surface area (Å²) in [4.78, 5) is 17.8. The smallest absolute Gasteiger partial charge is 0.269 e. The normalized spacial score (nSPS) is 13.8. The minimum Gasteiger partial charge on any atom is -0.397 e. The second-order valence-corrected chi connectivity index (χ2v) is 7.45. The van der Waals surface area contributed by atoms with Gasteiger partial charge in [-0.15, -0.1) is 21.5 Å². The molecular weight excluding hydrogens is 356 g/mol. The summed E-state index contributed by atoms with van der Waals surface area (Å²) in [7, 11) is 0. The van der Waals surface area contributed by atoms with Gasteiger partial charge in [-0.2, -0.15) is 0 Å². The lowest BCUT2D eigenvalue weighted by Crippen LogP contribution is -2.11. The summed E-state index contributed by atoms with van der Waals surface area (Å²) < 4.78 is 0. The maximum atomic E-state index is 12.5. The average molecular weight is 370 g/mol. The molecule has 4 rings (SSSR count). The van der Waals surface area contributed by atoms with Crippen molar-refractivity contribution in [2.24, 2.45) is 0 Å². The number of nitrogens with one attached hydrogen (secondary N) is 1. The zero-order valence-corrected chi connectivity index (χ0v) is 14.7. The van der Waals surface area contributed by atoms with Crippen molar-refractivity contribution in [1.82, 2.24) is 15.2 Å². The van der Waals surface area contributed by atoms with Crippen molar-refractivity contribution in [2.45, 2.75) is 12.8 Å². The van der Waals surface area contributed by atoms with E-state index in [1.54, 1.807) is 12.3 Å². The van der Waals surface area contributed by atoms with E-state index in [1.165, 1.54) is 22.7 Å². The number of amides is 1. The Labute approximate surface area is 151 Å². The van der Waals surface area contributed by atoms with Crippen LogP contribution in [0.25, 0.3) is 15.8 Å². The minimum absolute atomic E-state index is 0.324. The maximum Gasteiger partial charge on any atom is 0.269 e. The van der Waals surface area contributed by atoms with Gasteiger partial charge in [0.2, 0.25) is 5.13 Å². The average Bonchev–Trinajstić information content (AvgIpc) is 3.21. The Morgan fingerprint density at radius 3 is 2.88 bits per heavy atom. The zero-order valence-electron chi connectivity index (χ0n) is 13.0. The van der Waals surface area contributed by atoms with Crippen LogP contribution in [0.4, 0.5) is 16.5 Å². The standard InChI is InChI=1S/C16H14N6OS2/c17-9-6-10-11(18)12(24-15(10)19-7-9)13(23)20-16-22-21-14(25-16)8-4-2-1-3-5-8/h2,4-7H,1,3,17-18H2,(H,20,22,23). The molecule has 0 saturated heterocycles. The fourth-order valence-electron chi connectivity index (χ4n) is 2.50. The second-order valence-electron chi connectivity index (χ2n) is 5.47. The summed E-state index contributed by atoms with van der Waals surface area (Å²) in [5.74, 6) is -0.324. The molecular formula is C16H14N6OS2. The lowest BCUT2D eigenvalue weighted by molar-refractivity contribution is 0.103. The Hall–Kier alpha value is -2.78. The summed E-state index contributed by atoms with van der Waals surface area (Å²) in [5.41, 5.74) is 13.7. The number of rotatable bonds is 3. The van der Waals surface area contributed by atoms with E-state index in [1.807, 2.05) is 6.08 Å². The van der Waals surface area contributed by atoms with Gasteiger partial charge < -0.3 is 11.5 Å². The van der Waals surface area contributed by atoms with Crippen LogP contribution in [0.15, 0.2) is 30.5 Å². The molecule has 0 atom stereocenters. The predicted molar refractivity (Wildman–Crippen MR) is 103 cm³/mol. The number of hydrogen-bond donors (Lipinski definition) is 3. The third-order valence-electron chi connectivity index (χ3n) is 3.70. The highest BCUT2D eigenvalue weighted by molar-refractivity contribution is 7.21. The molecule has 0 unspecified atom stereocenters. The molecule has 1 aliphatic carbocycles. The lowest BCUT2D eigenvalue weighted by Gasteiger charge is -2.01. The molecule has 5 N–H and O–H groups in total. The summed E-state index contributed by atoms with van der Waals surface area (Å²) in [6.45, 7) is 0. The Balaban J connectivity index is 1.58. The number of carbonyl (C=O) groups is 1. The molecule has 0 spiro atoms. The van der Waals surface area contributed by atoms with Gasteiger partial charge in [-0.3, -0.25) is 10.1 Å². The van der Waals surface area contributed by atoms with Gasteiger partial charge in [0, 0.05) is 11.0 Å². The number of fused-ring (bicyclic) bond motifs is 1. The number of nitrogens with two attached hydrogens (primary N) is 2. The number of aromatic nitrogens is 3. The van der Waals surface area contributed by atoms with Crippen LogP contribution < -0.4 is 16.8 Å². The third kappa shape index (κ3) is 2.99. The van der Waals surface area contributed by atoms with Crippen LogP contribution in [-0.2, 0) is 0 Å². The van der Waals surface area contributed by atoms with Crippen molar-refractivity contribution in [1.29, 1.82) is 0 Å². The molecule has 0 radical (unpaired) electrons. The molecule has 3 aromatic rings. The van der Waals surface area contributed by atoms with Crippen LogP contribution in [0, 0.1) is 0 Å². The van der Waals surface area contributed by atoms with Gasteiger partial charge in [0.25, 0.3) is 5.91 Å². The highest BCUT2D eigenvalue weighted by atomic mass is 32.1. The number of anilines is 3. The Morgan fingerprint density at radius 1 is 1.20 bits per heavy atom. The van der Waals surface area contributed by atoms with Crippen LogP contribution in [0.1, 0.15) is 27.5 Å². The highest BCUT2D eigenvalue weighted by Gasteiger charge is 2.19. The Bertz CT molecular complexity index is 1030. The van der Waals surface area contributed by atoms with Crippen LogP contribution >= 0.6 is 22.7 Å². The first-order chi connectivity index (χ1) is 12.1. The van der Waals surface area contributed by atoms with Gasteiger partial charge in [0.1, 0.15) is 14.7 Å². The predicted octanol–water partition coefficient (Wildman–Crippen LogP) is 3.30. The van der Waals surface area contributed by atoms with Crippen LogP contribution in [0.2, 0.25) is 0 Å². The van der Waals surface area contributed by atoms with Gasteiger partial charge in [-0.25, -0.2) is 4.98 Å². The first-order valence-electron chi connectivity index (χ1n) is 7.57. The molecule has 0 aromatic carbocycles. The fraction of sp³-hybridized carbons (Fsp3) is 0.125. The number of carbonyl (C=O) groups excluding carboxylic acids is 1. The van der Waals surface area contributed by atoms with Crippen molar-refractivity contribution >= 4 is 60.9 Å². The Kier molecular flexibility index (Phi) is 3.94. The van der Waals surface area contributed by atoms with Gasteiger partial charge in [0.15, 0.2) is 0 Å². The molecule has 0 fully saturated rings. The molecule has 0 saturated carbocycles. The van der Waals surface area contributed by atoms with Crippen molar-refractivity contribution in [3.05, 3.63) is 40.4 Å². The maximum absolute atomic E-state index is 12.5. The number of nitrogen functional groups attached to an aromatic ring is 2. The van der Waals surface area contributed by atoms with Crippen molar-refractivity contribution in [2.75, 3.05) is 16.8 Å². The highest BCUT2D eigenvalue weighted by Crippen LogP contribution is 2.34. The minimum atomic E-state index is -0.324. The van der Waals surface area contributed by atoms with Crippen LogP contribution in [-0.4, -0.2) is 21.1 Å². The molecule has 9 heteroatoms. The molecule has 126 valence electrons. The Morgan fingerprint density at radius 2 is 2.08 bits per heavy atom. The molecule has 3 heterocycles. The monoisotopic (exact) mass is 370 g/mol. The van der Waals surface area contributed by atoms with E-state index < -0.39 is 0 Å². The van der Waals surface area contributed by atoms with E-state index in [0.29, 0.717) is 31.6 Å². The van der Waals surface area contributed by atoms with Gasteiger partial charge in [-0.05, 0) is 18.9 Å². The molecule has 1 aliphatic rings. The third-order valence-corrected chi connectivity index (χ3v) is 5.72. The van der Waals surface area contributed by atoms with Crippen LogP contribution in [0.3, 0.4) is 0 Å². The summed E-state index contributed by atoms with van der Waals surface area (Å²) in [5, 5.41) is 12.8. The van der Waals surface area contributed by atoms with Gasteiger partial charge >= 0.3 is 0 Å². The second kappa shape index (κ2) is 6.26. The molecule has 1 amide bonds. The summed E-state index contributed by atoms with van der Waals surface area (Å²) >= 11 is 2.56. The first-order valence-corrected chi connectivity index (χ1v) is 9.20.